The number of ether oxygens (including phenoxy) is 1. The van der Waals surface area contributed by atoms with Crippen LogP contribution in [-0.4, -0.2) is 28.0 Å². The Hall–Kier alpha value is -2.44. The number of rotatable bonds is 2. The molecule has 2 aromatic rings. The van der Waals surface area contributed by atoms with Crippen LogP contribution in [0.2, 0.25) is 0 Å². The monoisotopic (exact) mass is 235 g/mol. The number of aryl methyl sites for hydroxylation is 1. The van der Waals surface area contributed by atoms with Gasteiger partial charge in [0.05, 0.1) is 23.1 Å². The average molecular weight is 235 g/mol. The molecule has 0 aliphatic heterocycles. The van der Waals surface area contributed by atoms with Crippen molar-refractivity contribution in [1.29, 1.82) is 0 Å². The number of nitrogens with zero attached hydrogens (tertiary/aromatic N) is 2. The van der Waals surface area contributed by atoms with E-state index in [0.29, 0.717) is 16.9 Å². The summed E-state index contributed by atoms with van der Waals surface area (Å²) in [5, 5.41) is 10.7. The van der Waals surface area contributed by atoms with Crippen LogP contribution in [0.5, 0.6) is 0 Å². The molecule has 0 radical (unpaired) electrons. The van der Waals surface area contributed by atoms with E-state index in [-0.39, 0.29) is 11.3 Å². The Morgan fingerprint density at radius 2 is 2.24 bits per heavy atom. The number of imidazole rings is 1. The highest BCUT2D eigenvalue weighted by atomic mass is 16.6. The predicted octanol–water partition coefficient (Wildman–Crippen LogP) is 1.57. The number of aromatic nitrogens is 2. The summed E-state index contributed by atoms with van der Waals surface area (Å²) in [5.74, 6) is -0.0733. The maximum Gasteiger partial charge on any atom is 0.340 e. The van der Waals surface area contributed by atoms with E-state index < -0.39 is 10.9 Å². The highest BCUT2D eigenvalue weighted by molar-refractivity contribution is 6.03. The summed E-state index contributed by atoms with van der Waals surface area (Å²) in [5.41, 5.74) is 0.722. The van der Waals surface area contributed by atoms with Crippen LogP contribution >= 0.6 is 0 Å². The number of hydrogen-bond acceptors (Lipinski definition) is 5. The molecule has 2 rings (SSSR count). The van der Waals surface area contributed by atoms with Crippen LogP contribution in [0.15, 0.2) is 12.1 Å². The lowest BCUT2D eigenvalue weighted by Gasteiger charge is -2.00. The number of nitro benzene ring substituents is 1. The second-order valence-corrected chi connectivity index (χ2v) is 3.46. The van der Waals surface area contributed by atoms with Gasteiger partial charge in [0.15, 0.2) is 0 Å². The minimum atomic E-state index is -0.648. The zero-order chi connectivity index (χ0) is 12.6. The maximum atomic E-state index is 11.5. The number of non-ortho nitro benzene ring substituents is 1. The van der Waals surface area contributed by atoms with Crippen LogP contribution in [0.4, 0.5) is 5.69 Å². The van der Waals surface area contributed by atoms with Crippen LogP contribution < -0.4 is 0 Å². The molecule has 0 amide bonds. The minimum absolute atomic E-state index is 0.0843. The number of carbonyl (C=O) groups is 1. The van der Waals surface area contributed by atoms with Gasteiger partial charge in [-0.3, -0.25) is 10.1 Å². The first kappa shape index (κ1) is 11.1. The molecule has 0 saturated carbocycles. The Bertz CT molecular complexity index is 617. The van der Waals surface area contributed by atoms with E-state index in [1.165, 1.54) is 13.2 Å². The molecule has 1 aromatic carbocycles. The molecule has 0 bridgehead atoms. The first-order valence-electron chi connectivity index (χ1n) is 4.76. The van der Waals surface area contributed by atoms with Crippen LogP contribution in [0.25, 0.3) is 11.0 Å². The number of hydrogen-bond donors (Lipinski definition) is 1. The van der Waals surface area contributed by atoms with E-state index in [0.717, 1.165) is 6.07 Å². The van der Waals surface area contributed by atoms with Gasteiger partial charge in [-0.25, -0.2) is 9.78 Å². The zero-order valence-electron chi connectivity index (χ0n) is 9.18. The van der Waals surface area contributed by atoms with E-state index >= 15 is 0 Å². The summed E-state index contributed by atoms with van der Waals surface area (Å²) < 4.78 is 4.57. The molecular weight excluding hydrogens is 226 g/mol. The normalized spacial score (nSPS) is 10.5. The van der Waals surface area contributed by atoms with Crippen molar-refractivity contribution in [2.75, 3.05) is 7.11 Å². The van der Waals surface area contributed by atoms with Gasteiger partial charge in [-0.1, -0.05) is 0 Å². The van der Waals surface area contributed by atoms with E-state index in [1.54, 1.807) is 6.92 Å². The Morgan fingerprint density at radius 1 is 1.53 bits per heavy atom. The van der Waals surface area contributed by atoms with Gasteiger partial charge in [-0.2, -0.15) is 0 Å². The molecule has 17 heavy (non-hydrogen) atoms. The summed E-state index contributed by atoms with van der Waals surface area (Å²) in [6.45, 7) is 1.70. The molecule has 0 unspecified atom stereocenters. The number of esters is 1. The van der Waals surface area contributed by atoms with E-state index in [4.69, 9.17) is 0 Å². The van der Waals surface area contributed by atoms with Gasteiger partial charge in [0.1, 0.15) is 11.3 Å². The number of H-pyrrole nitrogens is 1. The topological polar surface area (TPSA) is 98.1 Å². The standard InChI is InChI=1S/C10H9N3O4/c1-5-11-8-4-6(13(15)16)3-7(9(8)12-5)10(14)17-2/h3-4H,1-2H3,(H,11,12). The molecule has 88 valence electrons. The molecule has 7 heteroatoms. The van der Waals surface area contributed by atoms with Crippen LogP contribution in [0.3, 0.4) is 0 Å². The smallest absolute Gasteiger partial charge is 0.340 e. The molecule has 0 saturated heterocycles. The number of aromatic amines is 1. The van der Waals surface area contributed by atoms with Crippen molar-refractivity contribution < 1.29 is 14.5 Å². The Balaban J connectivity index is 2.77. The largest absolute Gasteiger partial charge is 0.465 e. The number of nitrogens with one attached hydrogen (secondary N) is 1. The van der Waals surface area contributed by atoms with Gasteiger partial charge < -0.3 is 9.72 Å². The molecule has 7 nitrogen and oxygen atoms in total. The fraction of sp³-hybridized carbons (Fsp3) is 0.200. The van der Waals surface area contributed by atoms with Crippen LogP contribution in [0, 0.1) is 17.0 Å². The molecule has 1 aromatic heterocycles. The second-order valence-electron chi connectivity index (χ2n) is 3.46. The Labute approximate surface area is 95.6 Å². The molecule has 0 aliphatic carbocycles. The number of benzene rings is 1. The van der Waals surface area contributed by atoms with Crippen LogP contribution in [0.1, 0.15) is 16.2 Å². The molecule has 0 fully saturated rings. The lowest BCUT2D eigenvalue weighted by atomic mass is 10.1. The summed E-state index contributed by atoms with van der Waals surface area (Å²) in [4.78, 5) is 28.6. The Morgan fingerprint density at radius 3 is 2.82 bits per heavy atom. The minimum Gasteiger partial charge on any atom is -0.465 e. The highest BCUT2D eigenvalue weighted by Gasteiger charge is 2.19. The Kier molecular flexibility index (Phi) is 2.51. The third-order valence-electron chi connectivity index (χ3n) is 2.31. The lowest BCUT2D eigenvalue weighted by molar-refractivity contribution is -0.384. The average Bonchev–Trinajstić information content (AvgIpc) is 2.66. The quantitative estimate of drug-likeness (QED) is 0.484. The summed E-state index contributed by atoms with van der Waals surface area (Å²) in [6, 6.07) is 2.50. The lowest BCUT2D eigenvalue weighted by Crippen LogP contribution is -2.03. The second kappa shape index (κ2) is 3.85. The summed E-state index contributed by atoms with van der Waals surface area (Å²) in [6.07, 6.45) is 0. The molecule has 0 aliphatic rings. The molecular formula is C10H9N3O4. The van der Waals surface area contributed by atoms with Gasteiger partial charge in [0.2, 0.25) is 0 Å². The SMILES string of the molecule is COC(=O)c1cc([N+](=O)[O-])cc2[nH]c(C)nc12. The van der Waals surface area contributed by atoms with Gasteiger partial charge in [0, 0.05) is 12.1 Å². The predicted molar refractivity (Wildman–Crippen MR) is 58.8 cm³/mol. The van der Waals surface area contributed by atoms with Crippen LogP contribution in [-0.2, 0) is 4.74 Å². The van der Waals surface area contributed by atoms with Crippen molar-refractivity contribution in [3.05, 3.63) is 33.6 Å². The van der Waals surface area contributed by atoms with E-state index in [2.05, 4.69) is 14.7 Å². The van der Waals surface area contributed by atoms with Gasteiger partial charge in [0.25, 0.3) is 5.69 Å². The fourth-order valence-electron chi connectivity index (χ4n) is 1.60. The zero-order valence-corrected chi connectivity index (χ0v) is 9.18. The number of methoxy groups -OCH3 is 1. The third-order valence-corrected chi connectivity index (χ3v) is 2.31. The molecule has 1 heterocycles. The third kappa shape index (κ3) is 1.82. The molecule has 1 N–H and O–H groups in total. The summed E-state index contributed by atoms with van der Waals surface area (Å²) in [7, 11) is 1.21. The van der Waals surface area contributed by atoms with Gasteiger partial charge >= 0.3 is 5.97 Å². The van der Waals surface area contributed by atoms with E-state index in [1.807, 2.05) is 0 Å². The first-order valence-corrected chi connectivity index (χ1v) is 4.76. The van der Waals surface area contributed by atoms with E-state index in [9.17, 15) is 14.9 Å². The number of carbonyl (C=O) groups excluding carboxylic acids is 1. The highest BCUT2D eigenvalue weighted by Crippen LogP contribution is 2.24. The van der Waals surface area contributed by atoms with Crippen molar-refractivity contribution in [2.24, 2.45) is 0 Å². The van der Waals surface area contributed by atoms with Crippen molar-refractivity contribution in [1.82, 2.24) is 9.97 Å². The van der Waals surface area contributed by atoms with Gasteiger partial charge in [-0.15, -0.1) is 0 Å². The summed E-state index contributed by atoms with van der Waals surface area (Å²) >= 11 is 0. The van der Waals surface area contributed by atoms with Gasteiger partial charge in [-0.05, 0) is 6.92 Å². The number of fused-ring (bicyclic) bond motifs is 1. The first-order chi connectivity index (χ1) is 8.02. The maximum absolute atomic E-state index is 11.5. The van der Waals surface area contributed by atoms with Crippen molar-refractivity contribution in [3.8, 4) is 0 Å². The van der Waals surface area contributed by atoms with Crippen molar-refractivity contribution >= 4 is 22.7 Å². The van der Waals surface area contributed by atoms with Crippen molar-refractivity contribution in [2.45, 2.75) is 6.92 Å². The molecule has 0 atom stereocenters. The van der Waals surface area contributed by atoms with Crippen molar-refractivity contribution in [3.63, 3.8) is 0 Å². The number of nitro groups is 1. The fourth-order valence-corrected chi connectivity index (χ4v) is 1.60. The molecule has 0 spiro atoms.